The van der Waals surface area contributed by atoms with E-state index in [0.29, 0.717) is 0 Å². The predicted molar refractivity (Wildman–Crippen MR) is 61.8 cm³/mol. The maximum Gasteiger partial charge on any atom is 0.254 e. The zero-order valence-electron chi connectivity index (χ0n) is 9.25. The van der Waals surface area contributed by atoms with Crippen LogP contribution in [0.15, 0.2) is 36.5 Å². The number of hydrogen-bond acceptors (Lipinski definition) is 2. The summed E-state index contributed by atoms with van der Waals surface area (Å²) in [6, 6.07) is 10.00. The van der Waals surface area contributed by atoms with Gasteiger partial charge in [0, 0.05) is 17.6 Å². The Kier molecular flexibility index (Phi) is 1.83. The molecule has 0 unspecified atom stereocenters. The van der Waals surface area contributed by atoms with Gasteiger partial charge in [-0.3, -0.25) is 4.57 Å². The Morgan fingerprint density at radius 2 is 1.75 bits per heavy atom. The summed E-state index contributed by atoms with van der Waals surface area (Å²) in [5.41, 5.74) is 3.16. The van der Waals surface area contributed by atoms with Crippen molar-refractivity contribution < 1.29 is 0 Å². The van der Waals surface area contributed by atoms with E-state index >= 15 is 0 Å². The molecular formula is C12H12N4. The van der Waals surface area contributed by atoms with Crippen LogP contribution in [0.4, 0.5) is 0 Å². The van der Waals surface area contributed by atoms with Crippen molar-refractivity contribution in [1.29, 1.82) is 0 Å². The molecular weight excluding hydrogens is 200 g/mol. The zero-order chi connectivity index (χ0) is 11.1. The molecule has 3 heterocycles. The van der Waals surface area contributed by atoms with E-state index in [1.165, 1.54) is 0 Å². The minimum absolute atomic E-state index is 0.728. The van der Waals surface area contributed by atoms with Gasteiger partial charge in [0.2, 0.25) is 0 Å². The number of hydrogen-bond donors (Lipinski definition) is 0. The first kappa shape index (κ1) is 9.15. The van der Waals surface area contributed by atoms with Crippen LogP contribution in [0.1, 0.15) is 11.4 Å². The molecule has 0 spiro atoms. The van der Waals surface area contributed by atoms with E-state index in [4.69, 9.17) is 0 Å². The van der Waals surface area contributed by atoms with Crippen LogP contribution in [0.2, 0.25) is 0 Å². The van der Waals surface area contributed by atoms with E-state index in [9.17, 15) is 0 Å². The molecule has 0 saturated carbocycles. The Morgan fingerprint density at radius 1 is 1.00 bits per heavy atom. The molecule has 3 aromatic heterocycles. The van der Waals surface area contributed by atoms with Crippen molar-refractivity contribution in [3.63, 3.8) is 0 Å². The monoisotopic (exact) mass is 212 g/mol. The molecule has 3 rings (SSSR count). The molecule has 0 amide bonds. The molecule has 0 bridgehead atoms. The van der Waals surface area contributed by atoms with Gasteiger partial charge < -0.3 is 0 Å². The molecule has 3 aromatic rings. The van der Waals surface area contributed by atoms with Gasteiger partial charge >= 0.3 is 0 Å². The molecule has 0 atom stereocenters. The lowest BCUT2D eigenvalue weighted by Gasteiger charge is -2.01. The first-order valence-electron chi connectivity index (χ1n) is 5.22. The fraction of sp³-hybridized carbons (Fsp3) is 0.167. The quantitative estimate of drug-likeness (QED) is 0.619. The van der Waals surface area contributed by atoms with E-state index in [2.05, 4.69) is 36.1 Å². The van der Waals surface area contributed by atoms with Crippen molar-refractivity contribution in [1.82, 2.24) is 19.2 Å². The van der Waals surface area contributed by atoms with Crippen molar-refractivity contribution in [3.8, 4) is 5.95 Å². The molecule has 0 fully saturated rings. The maximum absolute atomic E-state index is 4.49. The molecule has 4 nitrogen and oxygen atoms in total. The van der Waals surface area contributed by atoms with Crippen LogP contribution < -0.4 is 0 Å². The summed E-state index contributed by atoms with van der Waals surface area (Å²) in [6.07, 6.45) is 1.90. The summed E-state index contributed by atoms with van der Waals surface area (Å²) in [6.45, 7) is 4.11. The Labute approximate surface area is 93.2 Å². The van der Waals surface area contributed by atoms with E-state index in [-0.39, 0.29) is 0 Å². The van der Waals surface area contributed by atoms with Gasteiger partial charge in [-0.15, -0.1) is 5.10 Å². The highest BCUT2D eigenvalue weighted by Gasteiger charge is 2.09. The van der Waals surface area contributed by atoms with Gasteiger partial charge in [0.05, 0.1) is 0 Å². The molecule has 80 valence electrons. The standard InChI is InChI=1S/C12H12N4/c1-9-6-7-10(2)16(9)12-13-11-5-3-4-8-15(11)14-12/h3-8H,1-2H3. The van der Waals surface area contributed by atoms with Crippen LogP contribution in [-0.4, -0.2) is 19.2 Å². The molecule has 0 saturated heterocycles. The van der Waals surface area contributed by atoms with Crippen molar-refractivity contribution in [3.05, 3.63) is 47.9 Å². The van der Waals surface area contributed by atoms with Gasteiger partial charge in [0.15, 0.2) is 5.65 Å². The minimum Gasteiger partial charge on any atom is -0.286 e. The van der Waals surface area contributed by atoms with Crippen molar-refractivity contribution in [2.45, 2.75) is 13.8 Å². The zero-order valence-corrected chi connectivity index (χ0v) is 9.25. The summed E-state index contributed by atoms with van der Waals surface area (Å²) in [5, 5.41) is 4.45. The largest absolute Gasteiger partial charge is 0.286 e. The topological polar surface area (TPSA) is 35.1 Å². The second-order valence-corrected chi connectivity index (χ2v) is 3.87. The lowest BCUT2D eigenvalue weighted by Crippen LogP contribution is -2.01. The second kappa shape index (κ2) is 3.20. The summed E-state index contributed by atoms with van der Waals surface area (Å²) in [5.74, 6) is 0.728. The summed E-state index contributed by atoms with van der Waals surface area (Å²) in [4.78, 5) is 4.49. The molecule has 0 N–H and O–H groups in total. The Morgan fingerprint density at radius 3 is 2.44 bits per heavy atom. The third-order valence-corrected chi connectivity index (χ3v) is 2.70. The number of rotatable bonds is 1. The second-order valence-electron chi connectivity index (χ2n) is 3.87. The molecule has 0 aliphatic rings. The molecule has 0 aliphatic carbocycles. The number of aromatic nitrogens is 4. The predicted octanol–water partition coefficient (Wildman–Crippen LogP) is 2.14. The van der Waals surface area contributed by atoms with Crippen LogP contribution in [0, 0.1) is 13.8 Å². The molecule has 0 radical (unpaired) electrons. The summed E-state index contributed by atoms with van der Waals surface area (Å²) >= 11 is 0. The van der Waals surface area contributed by atoms with Crippen LogP contribution in [0.25, 0.3) is 11.6 Å². The highest BCUT2D eigenvalue weighted by molar-refractivity contribution is 5.40. The summed E-state index contributed by atoms with van der Waals surface area (Å²) < 4.78 is 3.83. The maximum atomic E-state index is 4.49. The van der Waals surface area contributed by atoms with Gasteiger partial charge in [0.1, 0.15) is 0 Å². The smallest absolute Gasteiger partial charge is 0.254 e. The highest BCUT2D eigenvalue weighted by Crippen LogP contribution is 2.13. The van der Waals surface area contributed by atoms with Crippen molar-refractivity contribution in [2.75, 3.05) is 0 Å². The number of aryl methyl sites for hydroxylation is 2. The molecule has 0 aliphatic heterocycles. The molecule has 16 heavy (non-hydrogen) atoms. The fourth-order valence-electron chi connectivity index (χ4n) is 1.90. The third-order valence-electron chi connectivity index (χ3n) is 2.70. The van der Waals surface area contributed by atoms with Gasteiger partial charge in [-0.25, -0.2) is 4.52 Å². The lowest BCUT2D eigenvalue weighted by molar-refractivity contribution is 0.851. The average molecular weight is 212 g/mol. The third kappa shape index (κ3) is 1.23. The molecule has 0 aromatic carbocycles. The van der Waals surface area contributed by atoms with E-state index in [1.807, 2.05) is 29.0 Å². The molecule has 4 heteroatoms. The van der Waals surface area contributed by atoms with Crippen LogP contribution in [-0.2, 0) is 0 Å². The van der Waals surface area contributed by atoms with Crippen molar-refractivity contribution in [2.24, 2.45) is 0 Å². The normalized spacial score (nSPS) is 11.1. The number of fused-ring (bicyclic) bond motifs is 1. The van der Waals surface area contributed by atoms with E-state index < -0.39 is 0 Å². The van der Waals surface area contributed by atoms with Crippen LogP contribution >= 0.6 is 0 Å². The number of nitrogens with zero attached hydrogens (tertiary/aromatic N) is 4. The van der Waals surface area contributed by atoms with Gasteiger partial charge in [-0.05, 0) is 38.1 Å². The van der Waals surface area contributed by atoms with Gasteiger partial charge in [-0.1, -0.05) is 6.07 Å². The van der Waals surface area contributed by atoms with Crippen LogP contribution in [0.5, 0.6) is 0 Å². The summed E-state index contributed by atoms with van der Waals surface area (Å²) in [7, 11) is 0. The van der Waals surface area contributed by atoms with Gasteiger partial charge in [0.25, 0.3) is 5.95 Å². The highest BCUT2D eigenvalue weighted by atomic mass is 15.4. The van der Waals surface area contributed by atoms with E-state index in [0.717, 1.165) is 23.0 Å². The SMILES string of the molecule is Cc1ccc(C)n1-c1nc2ccccn2n1. The first-order valence-corrected chi connectivity index (χ1v) is 5.22. The lowest BCUT2D eigenvalue weighted by atomic mass is 10.5. The Bertz CT molecular complexity index is 595. The van der Waals surface area contributed by atoms with Crippen LogP contribution in [0.3, 0.4) is 0 Å². The first-order chi connectivity index (χ1) is 7.75. The van der Waals surface area contributed by atoms with E-state index in [1.54, 1.807) is 4.52 Å². The fourth-order valence-corrected chi connectivity index (χ4v) is 1.90. The van der Waals surface area contributed by atoms with Crippen molar-refractivity contribution >= 4 is 5.65 Å². The number of pyridine rings is 1. The Hall–Kier alpha value is -2.10. The Balaban J connectivity index is 2.27. The average Bonchev–Trinajstić information content (AvgIpc) is 2.82. The van der Waals surface area contributed by atoms with Gasteiger partial charge in [-0.2, -0.15) is 4.98 Å². The minimum atomic E-state index is 0.728.